The van der Waals surface area contributed by atoms with Crippen LogP contribution in [0.5, 0.6) is 0 Å². The third-order valence-electron chi connectivity index (χ3n) is 1.36. The molecule has 10 heavy (non-hydrogen) atoms. The van der Waals surface area contributed by atoms with Crippen LogP contribution in [0.15, 0.2) is 29.8 Å². The van der Waals surface area contributed by atoms with Crippen molar-refractivity contribution in [3.05, 3.63) is 29.8 Å². The van der Waals surface area contributed by atoms with E-state index in [0.29, 0.717) is 4.83 Å². The Morgan fingerprint density at radius 1 is 1.40 bits per heavy atom. The molecule has 0 aliphatic heterocycles. The average Bonchev–Trinajstić information content (AvgIpc) is 2.34. The van der Waals surface area contributed by atoms with Crippen molar-refractivity contribution >= 4 is 21.0 Å². The number of nitrogens with zero attached hydrogens (tertiary/aromatic N) is 1. The molecule has 0 N–H and O–H groups in total. The van der Waals surface area contributed by atoms with Gasteiger partial charge in [0, 0.05) is 12.3 Å². The van der Waals surface area contributed by atoms with E-state index in [9.17, 15) is 4.55 Å². The second-order valence-corrected chi connectivity index (χ2v) is 3.25. The average molecular weight is 151 g/mol. The van der Waals surface area contributed by atoms with Crippen LogP contribution in [0.2, 0.25) is 0 Å². The van der Waals surface area contributed by atoms with Crippen LogP contribution in [0.25, 0.3) is 10.2 Å². The molecule has 0 radical (unpaired) electrons. The standard InChI is InChI=1S/C7H5NOS/c9-10-5-3-6-2-1-4-8-7(6)10/h1-5H. The summed E-state index contributed by atoms with van der Waals surface area (Å²) in [7, 11) is -0.989. The first kappa shape index (κ1) is 5.82. The van der Waals surface area contributed by atoms with Crippen LogP contribution < -0.4 is 0 Å². The smallest absolute Gasteiger partial charge is 0.272 e. The predicted octanol–water partition coefficient (Wildman–Crippen LogP) is 1.96. The van der Waals surface area contributed by atoms with Crippen molar-refractivity contribution in [3.63, 3.8) is 0 Å². The summed E-state index contributed by atoms with van der Waals surface area (Å²) in [6.07, 6.45) is 1.66. The molecule has 2 rings (SSSR count). The van der Waals surface area contributed by atoms with E-state index in [1.807, 2.05) is 18.2 Å². The van der Waals surface area contributed by atoms with Gasteiger partial charge in [0.15, 0.2) is 0 Å². The SMILES string of the molecule is [O-][s+]1ccc2cccnc21. The molecule has 2 aromatic heterocycles. The van der Waals surface area contributed by atoms with Crippen molar-refractivity contribution in [2.45, 2.75) is 0 Å². The quantitative estimate of drug-likeness (QED) is 0.539. The molecule has 0 aliphatic rings. The van der Waals surface area contributed by atoms with Crippen molar-refractivity contribution in [3.8, 4) is 0 Å². The number of aromatic nitrogens is 1. The zero-order valence-corrected chi connectivity index (χ0v) is 5.97. The Morgan fingerprint density at radius 2 is 2.30 bits per heavy atom. The molecule has 0 bridgehead atoms. The molecule has 0 aromatic carbocycles. The third kappa shape index (κ3) is 0.716. The largest absolute Gasteiger partial charge is 0.589 e. The molecule has 3 heteroatoms. The van der Waals surface area contributed by atoms with Crippen LogP contribution >= 0.6 is 10.8 Å². The maximum absolute atomic E-state index is 11.0. The predicted molar refractivity (Wildman–Crippen MR) is 40.4 cm³/mol. The monoisotopic (exact) mass is 151 g/mol. The lowest BCUT2D eigenvalue weighted by atomic mass is 10.4. The lowest BCUT2D eigenvalue weighted by Crippen LogP contribution is -1.68. The lowest BCUT2D eigenvalue weighted by Gasteiger charge is -1.85. The second-order valence-electron chi connectivity index (χ2n) is 2.00. The van der Waals surface area contributed by atoms with Crippen LogP contribution in [0.1, 0.15) is 0 Å². The van der Waals surface area contributed by atoms with Crippen LogP contribution in [0.4, 0.5) is 0 Å². The van der Waals surface area contributed by atoms with E-state index in [0.717, 1.165) is 5.39 Å². The van der Waals surface area contributed by atoms with E-state index < -0.39 is 10.8 Å². The van der Waals surface area contributed by atoms with Crippen molar-refractivity contribution in [2.75, 3.05) is 0 Å². The van der Waals surface area contributed by atoms with E-state index in [2.05, 4.69) is 4.98 Å². The van der Waals surface area contributed by atoms with Gasteiger partial charge in [-0.3, -0.25) is 0 Å². The van der Waals surface area contributed by atoms with Crippen molar-refractivity contribution in [1.29, 1.82) is 0 Å². The Morgan fingerprint density at radius 3 is 3.10 bits per heavy atom. The summed E-state index contributed by atoms with van der Waals surface area (Å²) in [5, 5.41) is 2.62. The second kappa shape index (κ2) is 2.04. The maximum atomic E-state index is 11.0. The summed E-state index contributed by atoms with van der Waals surface area (Å²) in [4.78, 5) is 4.66. The van der Waals surface area contributed by atoms with Gasteiger partial charge in [0.05, 0.1) is 5.39 Å². The van der Waals surface area contributed by atoms with Gasteiger partial charge in [-0.2, -0.15) is 0 Å². The summed E-state index contributed by atoms with van der Waals surface area (Å²) in [5.74, 6) is 0. The Kier molecular flexibility index (Phi) is 1.19. The minimum absolute atomic E-state index is 0.683. The fourth-order valence-corrected chi connectivity index (χ4v) is 1.83. The summed E-state index contributed by atoms with van der Waals surface area (Å²) in [6, 6.07) is 5.58. The van der Waals surface area contributed by atoms with E-state index in [1.54, 1.807) is 11.6 Å². The summed E-state index contributed by atoms with van der Waals surface area (Å²) < 4.78 is 11.0. The number of rotatable bonds is 0. The van der Waals surface area contributed by atoms with Gasteiger partial charge in [-0.25, -0.2) is 4.98 Å². The van der Waals surface area contributed by atoms with Gasteiger partial charge in [-0.1, -0.05) is 0 Å². The van der Waals surface area contributed by atoms with E-state index >= 15 is 0 Å². The van der Waals surface area contributed by atoms with E-state index in [1.165, 1.54) is 0 Å². The summed E-state index contributed by atoms with van der Waals surface area (Å²) in [6.45, 7) is 0. The fraction of sp³-hybridized carbons (Fsp3) is 0. The molecule has 0 saturated carbocycles. The molecule has 0 saturated heterocycles. The summed E-state index contributed by atoms with van der Waals surface area (Å²) >= 11 is 0. The van der Waals surface area contributed by atoms with E-state index in [4.69, 9.17) is 0 Å². The molecule has 2 aromatic rings. The lowest BCUT2D eigenvalue weighted by molar-refractivity contribution is 0.599. The Labute approximate surface area is 60.9 Å². The molecule has 0 amide bonds. The van der Waals surface area contributed by atoms with Gasteiger partial charge in [0.25, 0.3) is 4.83 Å². The Balaban J connectivity index is 2.93. The minimum Gasteiger partial charge on any atom is -0.589 e. The molecule has 2 heterocycles. The highest BCUT2D eigenvalue weighted by Gasteiger charge is 2.02. The first-order chi connectivity index (χ1) is 4.88. The number of thiophene rings is 1. The summed E-state index contributed by atoms with van der Waals surface area (Å²) in [5.41, 5.74) is 0. The number of pyridine rings is 1. The molecular weight excluding hydrogens is 146 g/mol. The zero-order valence-electron chi connectivity index (χ0n) is 5.15. The van der Waals surface area contributed by atoms with Gasteiger partial charge >= 0.3 is 0 Å². The topological polar surface area (TPSA) is 36.0 Å². The molecule has 1 unspecified atom stereocenters. The molecule has 0 spiro atoms. The van der Waals surface area contributed by atoms with Crippen LogP contribution in [-0.4, -0.2) is 9.54 Å². The molecule has 0 fully saturated rings. The van der Waals surface area contributed by atoms with Gasteiger partial charge in [-0.05, 0) is 22.9 Å². The van der Waals surface area contributed by atoms with Crippen molar-refractivity contribution in [1.82, 2.24) is 4.98 Å². The number of fused-ring (bicyclic) bond motifs is 1. The van der Waals surface area contributed by atoms with Crippen molar-refractivity contribution < 1.29 is 4.55 Å². The first-order valence-corrected chi connectivity index (χ1v) is 4.13. The van der Waals surface area contributed by atoms with Crippen LogP contribution in [0, 0.1) is 0 Å². The van der Waals surface area contributed by atoms with Crippen LogP contribution in [-0.2, 0) is 0 Å². The highest BCUT2D eigenvalue weighted by Crippen LogP contribution is 2.24. The molecule has 1 atom stereocenters. The number of hydrogen-bond acceptors (Lipinski definition) is 2. The van der Waals surface area contributed by atoms with Crippen LogP contribution in [0.3, 0.4) is 0 Å². The van der Waals surface area contributed by atoms with Gasteiger partial charge in [0.2, 0.25) is 0 Å². The van der Waals surface area contributed by atoms with Gasteiger partial charge < -0.3 is 4.55 Å². The zero-order chi connectivity index (χ0) is 6.97. The Hall–Kier alpha value is -0.930. The molecule has 0 aliphatic carbocycles. The highest BCUT2D eigenvalue weighted by molar-refractivity contribution is 7.29. The minimum atomic E-state index is -0.989. The third-order valence-corrected chi connectivity index (χ3v) is 2.47. The Bertz CT molecular complexity index is 355. The van der Waals surface area contributed by atoms with Gasteiger partial charge in [0.1, 0.15) is 5.38 Å². The normalized spacial score (nSPS) is 12.3. The molecular formula is C7H5NOS. The molecule has 2 nitrogen and oxygen atoms in total. The number of hydrogen-bond donors (Lipinski definition) is 0. The van der Waals surface area contributed by atoms with Crippen molar-refractivity contribution in [2.24, 2.45) is 0 Å². The van der Waals surface area contributed by atoms with E-state index in [-0.39, 0.29) is 0 Å². The fourth-order valence-electron chi connectivity index (χ4n) is 0.898. The first-order valence-electron chi connectivity index (χ1n) is 2.92. The molecule has 50 valence electrons. The highest BCUT2D eigenvalue weighted by atomic mass is 32.2. The van der Waals surface area contributed by atoms with Gasteiger partial charge in [-0.15, -0.1) is 0 Å². The maximum Gasteiger partial charge on any atom is 0.272 e.